The molecule has 0 heterocycles. The van der Waals surface area contributed by atoms with Crippen LogP contribution in [0.5, 0.6) is 11.5 Å². The summed E-state index contributed by atoms with van der Waals surface area (Å²) in [5.41, 5.74) is 0.290. The molecule has 0 N–H and O–H groups in total. The van der Waals surface area contributed by atoms with Gasteiger partial charge in [0.15, 0.2) is 11.5 Å². The van der Waals surface area contributed by atoms with Crippen molar-refractivity contribution >= 4 is 27.5 Å². The first kappa shape index (κ1) is 15.5. The number of hydrogen-bond donors (Lipinski definition) is 0. The fourth-order valence-electron chi connectivity index (χ4n) is 1.43. The first-order valence-corrected chi connectivity index (χ1v) is 6.75. The van der Waals surface area contributed by atoms with Gasteiger partial charge in [-0.3, -0.25) is 0 Å². The smallest absolute Gasteiger partial charge is 0.258 e. The van der Waals surface area contributed by atoms with E-state index >= 15 is 0 Å². The zero-order valence-corrected chi connectivity index (χ0v) is 12.4. The molecular weight excluding hydrogens is 329 g/mol. The third-order valence-electron chi connectivity index (χ3n) is 2.18. The Hall–Kier alpha value is -0.550. The van der Waals surface area contributed by atoms with Gasteiger partial charge in [-0.25, -0.2) is 8.78 Å². The molecule has 0 spiro atoms. The largest absolute Gasteiger partial charge is 0.490 e. The van der Waals surface area contributed by atoms with E-state index in [1.807, 2.05) is 13.8 Å². The van der Waals surface area contributed by atoms with Crippen molar-refractivity contribution in [2.75, 3.05) is 13.2 Å². The maximum atomic E-state index is 12.6. The van der Waals surface area contributed by atoms with Gasteiger partial charge >= 0.3 is 0 Å². The van der Waals surface area contributed by atoms with Crippen LogP contribution in [0.3, 0.4) is 0 Å². The second kappa shape index (κ2) is 7.14. The summed E-state index contributed by atoms with van der Waals surface area (Å²) >= 11 is 8.89. The third kappa shape index (κ3) is 3.72. The van der Waals surface area contributed by atoms with Gasteiger partial charge in [0.1, 0.15) is 5.38 Å². The molecule has 1 aromatic carbocycles. The van der Waals surface area contributed by atoms with Crippen molar-refractivity contribution < 1.29 is 18.3 Å². The van der Waals surface area contributed by atoms with Crippen LogP contribution in [0.2, 0.25) is 0 Å². The minimum atomic E-state index is -2.64. The van der Waals surface area contributed by atoms with E-state index in [0.29, 0.717) is 34.7 Å². The molecule has 0 radical (unpaired) electrons. The molecule has 0 amide bonds. The Kier molecular flexibility index (Phi) is 6.15. The Labute approximate surface area is 118 Å². The zero-order chi connectivity index (χ0) is 13.7. The van der Waals surface area contributed by atoms with Crippen LogP contribution in [-0.2, 0) is 0 Å². The van der Waals surface area contributed by atoms with Gasteiger partial charge in [-0.1, -0.05) is 15.9 Å². The molecular formula is C12H14BrClF2O2. The number of ether oxygens (including phenoxy) is 2. The van der Waals surface area contributed by atoms with E-state index < -0.39 is 11.8 Å². The number of alkyl halides is 3. The maximum Gasteiger partial charge on any atom is 0.258 e. The van der Waals surface area contributed by atoms with Crippen molar-refractivity contribution in [3.05, 3.63) is 22.2 Å². The highest BCUT2D eigenvalue weighted by Crippen LogP contribution is 2.40. The van der Waals surface area contributed by atoms with E-state index in [0.717, 1.165) is 0 Å². The van der Waals surface area contributed by atoms with Gasteiger partial charge in [-0.05, 0) is 31.5 Å². The summed E-state index contributed by atoms with van der Waals surface area (Å²) in [5, 5.41) is -1.38. The molecule has 1 aromatic rings. The van der Waals surface area contributed by atoms with Crippen LogP contribution in [0.25, 0.3) is 0 Å². The highest BCUT2D eigenvalue weighted by molar-refractivity contribution is 9.10. The van der Waals surface area contributed by atoms with E-state index in [4.69, 9.17) is 21.1 Å². The van der Waals surface area contributed by atoms with Gasteiger partial charge < -0.3 is 9.47 Å². The summed E-state index contributed by atoms with van der Waals surface area (Å²) in [6, 6.07) is 3.09. The molecule has 0 aliphatic carbocycles. The highest BCUT2D eigenvalue weighted by atomic mass is 79.9. The Balaban J connectivity index is 3.17. The fourth-order valence-corrected chi connectivity index (χ4v) is 2.32. The first-order valence-electron chi connectivity index (χ1n) is 5.52. The molecule has 0 saturated heterocycles. The van der Waals surface area contributed by atoms with Crippen molar-refractivity contribution in [2.24, 2.45) is 0 Å². The van der Waals surface area contributed by atoms with Crippen LogP contribution in [0.4, 0.5) is 8.78 Å². The van der Waals surface area contributed by atoms with E-state index in [1.54, 1.807) is 6.07 Å². The van der Waals surface area contributed by atoms with Crippen LogP contribution in [-0.4, -0.2) is 19.6 Å². The fraction of sp³-hybridized carbons (Fsp3) is 0.500. The predicted molar refractivity (Wildman–Crippen MR) is 71.1 cm³/mol. The van der Waals surface area contributed by atoms with E-state index in [-0.39, 0.29) is 0 Å². The van der Waals surface area contributed by atoms with E-state index in [2.05, 4.69) is 15.9 Å². The molecule has 0 aromatic heterocycles. The number of hydrogen-bond acceptors (Lipinski definition) is 2. The van der Waals surface area contributed by atoms with Crippen LogP contribution >= 0.6 is 27.5 Å². The second-order valence-electron chi connectivity index (χ2n) is 3.42. The summed E-state index contributed by atoms with van der Waals surface area (Å²) < 4.78 is 36.5. The number of benzene rings is 1. The summed E-state index contributed by atoms with van der Waals surface area (Å²) in [6.07, 6.45) is -2.64. The van der Waals surface area contributed by atoms with E-state index in [1.165, 1.54) is 6.07 Å². The summed E-state index contributed by atoms with van der Waals surface area (Å²) in [6.45, 7) is 4.53. The predicted octanol–water partition coefficient (Wildman–Crippen LogP) is 4.79. The summed E-state index contributed by atoms with van der Waals surface area (Å²) in [4.78, 5) is 0. The Bertz CT molecular complexity index is 402. The highest BCUT2D eigenvalue weighted by Gasteiger charge is 2.24. The van der Waals surface area contributed by atoms with Crippen molar-refractivity contribution in [2.45, 2.75) is 25.7 Å². The standard InChI is InChI=1S/C12H14BrClF2O2/c1-3-17-9-5-7(11(14)12(15)16)8(13)6-10(9)18-4-2/h5-6,11-12H,3-4H2,1-2H3. The second-order valence-corrected chi connectivity index (χ2v) is 4.75. The van der Waals surface area contributed by atoms with Gasteiger partial charge in [0, 0.05) is 4.47 Å². The molecule has 1 rings (SSSR count). The lowest BCUT2D eigenvalue weighted by atomic mass is 10.1. The minimum absolute atomic E-state index is 0.290. The first-order chi connectivity index (χ1) is 8.51. The lowest BCUT2D eigenvalue weighted by Gasteiger charge is -2.16. The van der Waals surface area contributed by atoms with Crippen LogP contribution in [0.15, 0.2) is 16.6 Å². The van der Waals surface area contributed by atoms with Crippen LogP contribution < -0.4 is 9.47 Å². The van der Waals surface area contributed by atoms with Gasteiger partial charge in [0.2, 0.25) is 0 Å². The monoisotopic (exact) mass is 342 g/mol. The van der Waals surface area contributed by atoms with Crippen molar-refractivity contribution in [3.8, 4) is 11.5 Å². The van der Waals surface area contributed by atoms with Gasteiger partial charge in [-0.2, -0.15) is 0 Å². The van der Waals surface area contributed by atoms with Crippen molar-refractivity contribution in [3.63, 3.8) is 0 Å². The molecule has 18 heavy (non-hydrogen) atoms. The lowest BCUT2D eigenvalue weighted by Crippen LogP contribution is -2.05. The number of rotatable bonds is 6. The number of halogens is 4. The minimum Gasteiger partial charge on any atom is -0.490 e. The average molecular weight is 344 g/mol. The molecule has 0 aliphatic rings. The topological polar surface area (TPSA) is 18.5 Å². The summed E-state index contributed by atoms with van der Waals surface area (Å²) in [7, 11) is 0. The van der Waals surface area contributed by atoms with Gasteiger partial charge in [0.05, 0.1) is 13.2 Å². The normalized spacial score (nSPS) is 12.6. The van der Waals surface area contributed by atoms with Crippen LogP contribution in [0.1, 0.15) is 24.8 Å². The van der Waals surface area contributed by atoms with Crippen LogP contribution in [0, 0.1) is 0 Å². The summed E-state index contributed by atoms with van der Waals surface area (Å²) in [5.74, 6) is 0.928. The van der Waals surface area contributed by atoms with Gasteiger partial charge in [-0.15, -0.1) is 11.6 Å². The zero-order valence-electron chi connectivity index (χ0n) is 10.1. The Morgan fingerprint density at radius 3 is 2.11 bits per heavy atom. The SMILES string of the molecule is CCOc1cc(Br)c(C(Cl)C(F)F)cc1OCC. The quantitative estimate of drug-likeness (QED) is 0.691. The lowest BCUT2D eigenvalue weighted by molar-refractivity contribution is 0.142. The molecule has 0 fully saturated rings. The molecule has 0 saturated carbocycles. The molecule has 102 valence electrons. The molecule has 0 bridgehead atoms. The molecule has 2 nitrogen and oxygen atoms in total. The average Bonchev–Trinajstić information content (AvgIpc) is 2.32. The molecule has 0 aliphatic heterocycles. The third-order valence-corrected chi connectivity index (χ3v) is 3.29. The molecule has 1 unspecified atom stereocenters. The Morgan fingerprint density at radius 2 is 1.67 bits per heavy atom. The maximum absolute atomic E-state index is 12.6. The Morgan fingerprint density at radius 1 is 1.17 bits per heavy atom. The van der Waals surface area contributed by atoms with Gasteiger partial charge in [0.25, 0.3) is 6.43 Å². The van der Waals surface area contributed by atoms with E-state index in [9.17, 15) is 8.78 Å². The molecule has 6 heteroatoms. The molecule has 1 atom stereocenters. The van der Waals surface area contributed by atoms with Crippen molar-refractivity contribution in [1.82, 2.24) is 0 Å². The van der Waals surface area contributed by atoms with Crippen molar-refractivity contribution in [1.29, 1.82) is 0 Å².